The quantitative estimate of drug-likeness (QED) is 0.830. The van der Waals surface area contributed by atoms with Crippen molar-refractivity contribution in [1.29, 1.82) is 0 Å². The Morgan fingerprint density at radius 2 is 2.10 bits per heavy atom. The average Bonchev–Trinajstić information content (AvgIpc) is 2.88. The van der Waals surface area contributed by atoms with Gasteiger partial charge >= 0.3 is 0 Å². The SMILES string of the molecule is CC=C1CC2(CCC1=C(C)c1ccccc1)CN=C(N)N2. The first kappa shape index (κ1) is 13.9. The fourth-order valence-electron chi connectivity index (χ4n) is 3.48. The van der Waals surface area contributed by atoms with Crippen molar-refractivity contribution < 1.29 is 0 Å². The molecular formula is C18H23N3. The van der Waals surface area contributed by atoms with E-state index >= 15 is 0 Å². The molecule has 1 aromatic carbocycles. The van der Waals surface area contributed by atoms with Crippen LogP contribution >= 0.6 is 0 Å². The summed E-state index contributed by atoms with van der Waals surface area (Å²) in [5.41, 5.74) is 11.5. The molecule has 1 atom stereocenters. The minimum atomic E-state index is 0.0480. The zero-order valence-corrected chi connectivity index (χ0v) is 12.8. The molecule has 1 aliphatic heterocycles. The van der Waals surface area contributed by atoms with Crippen molar-refractivity contribution >= 4 is 11.5 Å². The molecule has 3 N–H and O–H groups in total. The van der Waals surface area contributed by atoms with Crippen LogP contribution in [0.4, 0.5) is 0 Å². The van der Waals surface area contributed by atoms with E-state index < -0.39 is 0 Å². The Bertz CT molecular complexity index is 625. The second-order valence-corrected chi connectivity index (χ2v) is 6.07. The van der Waals surface area contributed by atoms with Gasteiger partial charge in [0.05, 0.1) is 12.1 Å². The van der Waals surface area contributed by atoms with Crippen LogP contribution in [0.5, 0.6) is 0 Å². The highest BCUT2D eigenvalue weighted by Gasteiger charge is 2.39. The Labute approximate surface area is 126 Å². The molecule has 3 rings (SSSR count). The van der Waals surface area contributed by atoms with E-state index in [-0.39, 0.29) is 5.54 Å². The van der Waals surface area contributed by atoms with Crippen LogP contribution in [-0.2, 0) is 0 Å². The molecule has 3 heteroatoms. The summed E-state index contributed by atoms with van der Waals surface area (Å²) in [6.45, 7) is 5.17. The van der Waals surface area contributed by atoms with Crippen molar-refractivity contribution in [2.45, 2.75) is 38.6 Å². The number of allylic oxidation sites excluding steroid dienone is 3. The lowest BCUT2D eigenvalue weighted by atomic mass is 9.74. The summed E-state index contributed by atoms with van der Waals surface area (Å²) < 4.78 is 0. The highest BCUT2D eigenvalue weighted by Crippen LogP contribution is 2.40. The second kappa shape index (κ2) is 5.40. The number of rotatable bonds is 1. The van der Waals surface area contributed by atoms with Gasteiger partial charge in [0.15, 0.2) is 5.96 Å². The summed E-state index contributed by atoms with van der Waals surface area (Å²) in [6, 6.07) is 10.7. The van der Waals surface area contributed by atoms with Crippen LogP contribution in [0.2, 0.25) is 0 Å². The van der Waals surface area contributed by atoms with Crippen molar-refractivity contribution in [3.05, 3.63) is 53.1 Å². The smallest absolute Gasteiger partial charge is 0.189 e. The zero-order chi connectivity index (χ0) is 14.9. The van der Waals surface area contributed by atoms with Crippen LogP contribution in [-0.4, -0.2) is 18.0 Å². The maximum Gasteiger partial charge on any atom is 0.189 e. The van der Waals surface area contributed by atoms with Crippen LogP contribution in [0.1, 0.15) is 38.7 Å². The number of nitrogens with zero attached hydrogens (tertiary/aromatic N) is 1. The molecule has 1 saturated carbocycles. The minimum absolute atomic E-state index is 0.0480. The van der Waals surface area contributed by atoms with Gasteiger partial charge in [-0.15, -0.1) is 0 Å². The molecule has 0 radical (unpaired) electrons. The number of nitrogens with two attached hydrogens (primary N) is 1. The molecule has 0 amide bonds. The van der Waals surface area contributed by atoms with Gasteiger partial charge in [-0.2, -0.15) is 0 Å². The molecule has 0 bridgehead atoms. The Morgan fingerprint density at radius 1 is 1.33 bits per heavy atom. The number of benzene rings is 1. The molecule has 1 aromatic rings. The lowest BCUT2D eigenvalue weighted by Gasteiger charge is -2.37. The Morgan fingerprint density at radius 3 is 2.71 bits per heavy atom. The molecule has 1 aliphatic carbocycles. The molecule has 21 heavy (non-hydrogen) atoms. The van der Waals surface area contributed by atoms with E-state index in [9.17, 15) is 0 Å². The van der Waals surface area contributed by atoms with Crippen molar-refractivity contribution in [3.63, 3.8) is 0 Å². The summed E-state index contributed by atoms with van der Waals surface area (Å²) in [4.78, 5) is 4.35. The molecule has 1 heterocycles. The first-order chi connectivity index (χ1) is 10.1. The topological polar surface area (TPSA) is 50.4 Å². The van der Waals surface area contributed by atoms with Gasteiger partial charge in [0.2, 0.25) is 0 Å². The third-order valence-corrected chi connectivity index (χ3v) is 4.72. The standard InChI is InChI=1S/C18H23N3/c1-3-14-11-18(12-20-17(19)21-18)10-9-16(14)13(2)15-7-5-4-6-8-15/h3-8H,9-12H2,1-2H3,(H3,19,20,21). The van der Waals surface area contributed by atoms with E-state index in [1.807, 2.05) is 0 Å². The van der Waals surface area contributed by atoms with Crippen LogP contribution < -0.4 is 11.1 Å². The summed E-state index contributed by atoms with van der Waals surface area (Å²) in [7, 11) is 0. The van der Waals surface area contributed by atoms with Gasteiger partial charge in [-0.25, -0.2) is 0 Å². The minimum Gasteiger partial charge on any atom is -0.370 e. The van der Waals surface area contributed by atoms with Gasteiger partial charge in [-0.3, -0.25) is 4.99 Å². The Balaban J connectivity index is 1.89. The number of nitrogens with one attached hydrogen (secondary N) is 1. The summed E-state index contributed by atoms with van der Waals surface area (Å²) in [6.07, 6.45) is 5.43. The third kappa shape index (κ3) is 2.60. The highest BCUT2D eigenvalue weighted by molar-refractivity contribution is 5.81. The van der Waals surface area contributed by atoms with Crippen LogP contribution in [0.25, 0.3) is 5.57 Å². The number of aliphatic imine (C=N–C) groups is 1. The normalized spacial score (nSPS) is 29.4. The molecule has 110 valence electrons. The van der Waals surface area contributed by atoms with Gasteiger partial charge in [0, 0.05) is 0 Å². The highest BCUT2D eigenvalue weighted by atomic mass is 15.2. The third-order valence-electron chi connectivity index (χ3n) is 4.72. The summed E-state index contributed by atoms with van der Waals surface area (Å²) >= 11 is 0. The number of hydrogen-bond acceptors (Lipinski definition) is 3. The molecule has 1 fully saturated rings. The first-order valence-electron chi connectivity index (χ1n) is 7.62. The predicted molar refractivity (Wildman–Crippen MR) is 89.0 cm³/mol. The van der Waals surface area contributed by atoms with Crippen molar-refractivity contribution in [2.24, 2.45) is 10.7 Å². The van der Waals surface area contributed by atoms with Gasteiger partial charge < -0.3 is 11.1 Å². The first-order valence-corrected chi connectivity index (χ1v) is 7.62. The van der Waals surface area contributed by atoms with Gasteiger partial charge in [-0.1, -0.05) is 36.4 Å². The molecule has 0 saturated heterocycles. The van der Waals surface area contributed by atoms with Crippen LogP contribution in [0.3, 0.4) is 0 Å². The summed E-state index contributed by atoms with van der Waals surface area (Å²) in [5.74, 6) is 0.595. The van der Waals surface area contributed by atoms with Crippen molar-refractivity contribution in [2.75, 3.05) is 6.54 Å². The molecule has 3 nitrogen and oxygen atoms in total. The number of guanidine groups is 1. The molecule has 0 aromatic heterocycles. The second-order valence-electron chi connectivity index (χ2n) is 6.07. The lowest BCUT2D eigenvalue weighted by molar-refractivity contribution is 0.360. The van der Waals surface area contributed by atoms with E-state index in [1.54, 1.807) is 0 Å². The largest absolute Gasteiger partial charge is 0.370 e. The van der Waals surface area contributed by atoms with E-state index in [1.165, 1.54) is 22.3 Å². The van der Waals surface area contributed by atoms with E-state index in [0.29, 0.717) is 5.96 Å². The predicted octanol–water partition coefficient (Wildman–Crippen LogP) is 3.25. The van der Waals surface area contributed by atoms with Crippen LogP contribution in [0, 0.1) is 0 Å². The van der Waals surface area contributed by atoms with Crippen molar-refractivity contribution in [1.82, 2.24) is 5.32 Å². The van der Waals surface area contributed by atoms with Crippen molar-refractivity contribution in [3.8, 4) is 0 Å². The average molecular weight is 281 g/mol. The molecule has 2 aliphatic rings. The lowest BCUT2D eigenvalue weighted by Crippen LogP contribution is -2.49. The van der Waals surface area contributed by atoms with E-state index in [2.05, 4.69) is 60.6 Å². The van der Waals surface area contributed by atoms with E-state index in [0.717, 1.165) is 25.8 Å². The molecule has 1 spiro atoms. The van der Waals surface area contributed by atoms with Gasteiger partial charge in [-0.05, 0) is 55.4 Å². The molecule has 1 unspecified atom stereocenters. The maximum absolute atomic E-state index is 5.82. The van der Waals surface area contributed by atoms with Gasteiger partial charge in [0.25, 0.3) is 0 Å². The zero-order valence-electron chi connectivity index (χ0n) is 12.8. The Hall–Kier alpha value is -2.03. The fraction of sp³-hybridized carbons (Fsp3) is 0.389. The fourth-order valence-corrected chi connectivity index (χ4v) is 3.48. The van der Waals surface area contributed by atoms with Crippen LogP contribution in [0.15, 0.2) is 52.5 Å². The Kier molecular flexibility index (Phi) is 3.58. The van der Waals surface area contributed by atoms with E-state index in [4.69, 9.17) is 5.73 Å². The van der Waals surface area contributed by atoms with Gasteiger partial charge in [0.1, 0.15) is 0 Å². The molecular weight excluding hydrogens is 258 g/mol. The number of hydrogen-bond donors (Lipinski definition) is 2. The summed E-state index contributed by atoms with van der Waals surface area (Å²) in [5, 5.41) is 3.40. The maximum atomic E-state index is 5.82. The monoisotopic (exact) mass is 281 g/mol.